The maximum absolute atomic E-state index is 15.2. The molecule has 0 bridgehead atoms. The molecule has 9 heteroatoms. The summed E-state index contributed by atoms with van der Waals surface area (Å²) in [6, 6.07) is 12.2. The van der Waals surface area contributed by atoms with Crippen molar-refractivity contribution >= 4 is 0 Å². The second-order valence-corrected chi connectivity index (χ2v) is 11.5. The van der Waals surface area contributed by atoms with Gasteiger partial charge >= 0.3 is 6.11 Å². The fourth-order valence-electron chi connectivity index (χ4n) is 6.08. The standard InChI is InChI=1S/C34H36F6O3/c1-2-3-4-5-21-6-13-26(14-7-21)34(39,40)43-27-19-41-33(42-20-27)25-17-30(37)32(31(38)18-25)23-10-8-22(9-11-23)24-12-15-28(35)29(36)16-24/h6-7,12-18,22-23,27,33H,2-5,8-11,19-20H2,1H3. The number of benzene rings is 3. The molecule has 1 heterocycles. The highest BCUT2D eigenvalue weighted by Gasteiger charge is 2.38. The average molecular weight is 607 g/mol. The molecular weight excluding hydrogens is 570 g/mol. The van der Waals surface area contributed by atoms with Crippen LogP contribution < -0.4 is 0 Å². The third-order valence-electron chi connectivity index (χ3n) is 8.46. The summed E-state index contributed by atoms with van der Waals surface area (Å²) in [5, 5.41) is 0. The molecule has 232 valence electrons. The molecular formula is C34H36F6O3. The molecule has 3 aromatic rings. The monoisotopic (exact) mass is 606 g/mol. The van der Waals surface area contributed by atoms with E-state index >= 15 is 8.78 Å². The molecule has 2 fully saturated rings. The van der Waals surface area contributed by atoms with E-state index in [0.717, 1.165) is 49.4 Å². The van der Waals surface area contributed by atoms with Crippen molar-refractivity contribution in [3.63, 3.8) is 0 Å². The van der Waals surface area contributed by atoms with Gasteiger partial charge in [0.2, 0.25) is 0 Å². The second-order valence-electron chi connectivity index (χ2n) is 11.5. The lowest BCUT2D eigenvalue weighted by Crippen LogP contribution is -2.38. The van der Waals surface area contributed by atoms with Crippen LogP contribution in [0.5, 0.6) is 0 Å². The van der Waals surface area contributed by atoms with Crippen LogP contribution in [0.15, 0.2) is 54.6 Å². The minimum Gasteiger partial charge on any atom is -0.346 e. The van der Waals surface area contributed by atoms with Gasteiger partial charge in [-0.3, -0.25) is 0 Å². The van der Waals surface area contributed by atoms with Crippen molar-refractivity contribution < 1.29 is 40.6 Å². The number of hydrogen-bond donors (Lipinski definition) is 0. The van der Waals surface area contributed by atoms with Crippen molar-refractivity contribution in [3.8, 4) is 0 Å². The molecule has 43 heavy (non-hydrogen) atoms. The molecule has 5 rings (SSSR count). The van der Waals surface area contributed by atoms with Gasteiger partial charge in [-0.1, -0.05) is 50.1 Å². The Balaban J connectivity index is 1.15. The summed E-state index contributed by atoms with van der Waals surface area (Å²) in [5.74, 6) is -3.67. The Morgan fingerprint density at radius 2 is 1.33 bits per heavy atom. The minimum absolute atomic E-state index is 0.0155. The van der Waals surface area contributed by atoms with Gasteiger partial charge in [0, 0.05) is 11.1 Å². The highest BCUT2D eigenvalue weighted by atomic mass is 19.3. The van der Waals surface area contributed by atoms with Crippen LogP contribution in [0.25, 0.3) is 0 Å². The predicted molar refractivity (Wildman–Crippen MR) is 150 cm³/mol. The van der Waals surface area contributed by atoms with Gasteiger partial charge in [-0.25, -0.2) is 17.6 Å². The van der Waals surface area contributed by atoms with Crippen LogP contribution >= 0.6 is 0 Å². The Bertz CT molecular complexity index is 1340. The molecule has 0 N–H and O–H groups in total. The van der Waals surface area contributed by atoms with E-state index in [-0.39, 0.29) is 41.7 Å². The molecule has 1 aliphatic heterocycles. The quantitative estimate of drug-likeness (QED) is 0.170. The minimum atomic E-state index is -3.56. The maximum Gasteiger partial charge on any atom is 0.383 e. The molecule has 1 saturated carbocycles. The van der Waals surface area contributed by atoms with Gasteiger partial charge in [-0.05, 0) is 85.8 Å². The van der Waals surface area contributed by atoms with E-state index in [4.69, 9.17) is 14.2 Å². The summed E-state index contributed by atoms with van der Waals surface area (Å²) in [6.07, 6.45) is 0.375. The molecule has 3 nitrogen and oxygen atoms in total. The van der Waals surface area contributed by atoms with Crippen molar-refractivity contribution in [2.24, 2.45) is 0 Å². The van der Waals surface area contributed by atoms with E-state index in [1.54, 1.807) is 18.2 Å². The van der Waals surface area contributed by atoms with E-state index in [0.29, 0.717) is 31.2 Å². The van der Waals surface area contributed by atoms with Crippen LogP contribution in [0.2, 0.25) is 0 Å². The second kappa shape index (κ2) is 13.8. The lowest BCUT2D eigenvalue weighted by atomic mass is 9.76. The lowest BCUT2D eigenvalue weighted by molar-refractivity contribution is -0.320. The SMILES string of the molecule is CCCCCc1ccc(C(F)(F)OC2COC(c3cc(F)c(C4CCC(c5ccc(F)c(F)c5)CC4)c(F)c3)OC2)cc1. The first-order valence-electron chi connectivity index (χ1n) is 15.0. The van der Waals surface area contributed by atoms with Gasteiger partial charge in [0.05, 0.1) is 18.8 Å². The largest absolute Gasteiger partial charge is 0.383 e. The zero-order chi connectivity index (χ0) is 30.6. The first kappa shape index (κ1) is 31.5. The van der Waals surface area contributed by atoms with Crippen LogP contribution in [0, 0.1) is 23.3 Å². The van der Waals surface area contributed by atoms with E-state index in [1.807, 2.05) is 0 Å². The fourth-order valence-corrected chi connectivity index (χ4v) is 6.08. The number of halogens is 6. The molecule has 1 aliphatic carbocycles. The third kappa shape index (κ3) is 7.62. The summed E-state index contributed by atoms with van der Waals surface area (Å²) in [6.45, 7) is 1.62. The summed E-state index contributed by atoms with van der Waals surface area (Å²) in [5.41, 5.74) is 1.47. The Hall–Kier alpha value is -2.88. The van der Waals surface area contributed by atoms with Crippen LogP contribution in [-0.2, 0) is 26.7 Å². The van der Waals surface area contributed by atoms with Gasteiger partial charge in [0.25, 0.3) is 0 Å². The number of alkyl halides is 2. The normalized spacial score (nSPS) is 23.0. The first-order chi connectivity index (χ1) is 20.6. The Morgan fingerprint density at radius 3 is 1.93 bits per heavy atom. The predicted octanol–water partition coefficient (Wildman–Crippen LogP) is 9.60. The van der Waals surface area contributed by atoms with E-state index in [1.165, 1.54) is 18.2 Å². The number of hydrogen-bond acceptors (Lipinski definition) is 3. The molecule has 0 amide bonds. The zero-order valence-corrected chi connectivity index (χ0v) is 24.1. The number of aryl methyl sites for hydroxylation is 1. The number of unbranched alkanes of at least 4 members (excludes halogenated alkanes) is 2. The molecule has 1 saturated heterocycles. The smallest absolute Gasteiger partial charge is 0.346 e. The van der Waals surface area contributed by atoms with Gasteiger partial charge in [0.15, 0.2) is 17.9 Å². The fraction of sp³-hybridized carbons (Fsp3) is 0.471. The lowest BCUT2D eigenvalue weighted by Gasteiger charge is -2.32. The van der Waals surface area contributed by atoms with Crippen molar-refractivity contribution in [1.82, 2.24) is 0 Å². The summed E-state index contributed by atoms with van der Waals surface area (Å²) in [7, 11) is 0. The highest BCUT2D eigenvalue weighted by Crippen LogP contribution is 2.43. The van der Waals surface area contributed by atoms with Crippen molar-refractivity contribution in [1.29, 1.82) is 0 Å². The Kier molecular flexibility index (Phi) is 10.1. The topological polar surface area (TPSA) is 27.7 Å². The van der Waals surface area contributed by atoms with Crippen LogP contribution in [0.1, 0.15) is 97.8 Å². The van der Waals surface area contributed by atoms with Crippen molar-refractivity contribution in [2.45, 2.75) is 88.6 Å². The summed E-state index contributed by atoms with van der Waals surface area (Å²) >= 11 is 0. The van der Waals surface area contributed by atoms with Crippen molar-refractivity contribution in [2.75, 3.05) is 13.2 Å². The van der Waals surface area contributed by atoms with Gasteiger partial charge in [-0.15, -0.1) is 0 Å². The molecule has 2 aliphatic rings. The molecule has 3 aromatic carbocycles. The van der Waals surface area contributed by atoms with E-state index < -0.39 is 41.8 Å². The number of rotatable bonds is 10. The molecule has 0 atom stereocenters. The zero-order valence-electron chi connectivity index (χ0n) is 24.1. The Morgan fingerprint density at radius 1 is 0.721 bits per heavy atom. The molecule has 0 aromatic heterocycles. The van der Waals surface area contributed by atoms with E-state index in [2.05, 4.69) is 6.92 Å². The summed E-state index contributed by atoms with van der Waals surface area (Å²) < 4.78 is 103. The molecule has 0 radical (unpaired) electrons. The molecule has 0 unspecified atom stereocenters. The van der Waals surface area contributed by atoms with E-state index in [9.17, 15) is 17.6 Å². The first-order valence-corrected chi connectivity index (χ1v) is 15.0. The maximum atomic E-state index is 15.2. The summed E-state index contributed by atoms with van der Waals surface area (Å²) in [4.78, 5) is 0. The Labute approximate surface area is 248 Å². The molecule has 0 spiro atoms. The van der Waals surface area contributed by atoms with Crippen LogP contribution in [0.3, 0.4) is 0 Å². The highest BCUT2D eigenvalue weighted by molar-refractivity contribution is 5.31. The third-order valence-corrected chi connectivity index (χ3v) is 8.46. The van der Waals surface area contributed by atoms with Gasteiger partial charge < -0.3 is 14.2 Å². The number of ether oxygens (including phenoxy) is 3. The average Bonchev–Trinajstić information content (AvgIpc) is 2.99. The van der Waals surface area contributed by atoms with Gasteiger partial charge in [-0.2, -0.15) is 8.78 Å². The van der Waals surface area contributed by atoms with Crippen LogP contribution in [0.4, 0.5) is 26.3 Å². The van der Waals surface area contributed by atoms with Gasteiger partial charge in [0.1, 0.15) is 17.7 Å². The van der Waals surface area contributed by atoms with Crippen molar-refractivity contribution in [3.05, 3.63) is 106 Å². The van der Waals surface area contributed by atoms with Crippen LogP contribution in [-0.4, -0.2) is 19.3 Å².